The minimum atomic E-state index is -0.459. The monoisotopic (exact) mass is 380 g/mol. The van der Waals surface area contributed by atoms with Crippen LogP contribution in [0.1, 0.15) is 24.3 Å². The average molecular weight is 380 g/mol. The number of ether oxygens (including phenoxy) is 2. The molecule has 28 heavy (non-hydrogen) atoms. The summed E-state index contributed by atoms with van der Waals surface area (Å²) in [5.74, 6) is 0.780. The van der Waals surface area contributed by atoms with E-state index in [1.807, 2.05) is 13.8 Å². The van der Waals surface area contributed by atoms with E-state index in [0.717, 1.165) is 0 Å². The Morgan fingerprint density at radius 3 is 2.61 bits per heavy atom. The molecular weight excluding hydrogens is 360 g/mol. The van der Waals surface area contributed by atoms with Crippen molar-refractivity contribution >= 4 is 28.1 Å². The van der Waals surface area contributed by atoms with Gasteiger partial charge in [-0.2, -0.15) is 5.10 Å². The molecule has 4 rings (SSSR count). The number of nitrogens with two attached hydrogens (primary N) is 1. The molecule has 144 valence electrons. The smallest absolute Gasteiger partial charge is 0.276 e. The van der Waals surface area contributed by atoms with Crippen LogP contribution in [-0.2, 0) is 6.54 Å². The number of carbonyl (C=O) groups excluding carboxylic acids is 1. The molecule has 2 aromatic carbocycles. The van der Waals surface area contributed by atoms with Gasteiger partial charge in [-0.05, 0) is 12.0 Å². The first-order valence-corrected chi connectivity index (χ1v) is 8.94. The van der Waals surface area contributed by atoms with Crippen molar-refractivity contribution in [2.75, 3.05) is 17.8 Å². The number of benzene rings is 2. The molecule has 2 heterocycles. The quantitative estimate of drug-likeness (QED) is 0.674. The zero-order valence-corrected chi connectivity index (χ0v) is 15.6. The van der Waals surface area contributed by atoms with Crippen LogP contribution in [0, 0.1) is 5.92 Å². The SMILES string of the molecule is CC(C)Cn1nc(C(=O)Nc2cc3c(cc2N)OCO3)c2ccccc2c1=O. The van der Waals surface area contributed by atoms with Gasteiger partial charge in [0.2, 0.25) is 6.79 Å². The Morgan fingerprint density at radius 2 is 1.89 bits per heavy atom. The van der Waals surface area contributed by atoms with Crippen LogP contribution >= 0.6 is 0 Å². The average Bonchev–Trinajstić information content (AvgIpc) is 3.11. The highest BCUT2D eigenvalue weighted by Crippen LogP contribution is 2.38. The van der Waals surface area contributed by atoms with E-state index in [4.69, 9.17) is 15.2 Å². The van der Waals surface area contributed by atoms with E-state index in [2.05, 4.69) is 10.4 Å². The highest BCUT2D eigenvalue weighted by molar-refractivity contribution is 6.12. The number of nitrogens with zero attached hydrogens (tertiary/aromatic N) is 2. The number of nitrogen functional groups attached to an aromatic ring is 1. The number of carbonyl (C=O) groups is 1. The molecule has 1 aliphatic rings. The summed E-state index contributed by atoms with van der Waals surface area (Å²) in [6, 6.07) is 10.2. The van der Waals surface area contributed by atoms with Crippen LogP contribution in [0.2, 0.25) is 0 Å². The lowest BCUT2D eigenvalue weighted by Gasteiger charge is -2.13. The molecule has 3 aromatic rings. The van der Waals surface area contributed by atoms with Gasteiger partial charge in [0.1, 0.15) is 0 Å². The molecule has 0 saturated heterocycles. The van der Waals surface area contributed by atoms with Crippen LogP contribution in [0.25, 0.3) is 10.8 Å². The summed E-state index contributed by atoms with van der Waals surface area (Å²) in [5.41, 5.74) is 6.70. The number of rotatable bonds is 4. The fourth-order valence-corrected chi connectivity index (χ4v) is 3.12. The maximum atomic E-state index is 13.0. The Bertz CT molecular complexity index is 1140. The minimum Gasteiger partial charge on any atom is -0.454 e. The lowest BCUT2D eigenvalue weighted by atomic mass is 10.1. The molecule has 8 heteroatoms. The first-order valence-electron chi connectivity index (χ1n) is 8.94. The lowest BCUT2D eigenvalue weighted by Crippen LogP contribution is -2.29. The summed E-state index contributed by atoms with van der Waals surface area (Å²) < 4.78 is 12.0. The molecule has 0 spiro atoms. The second-order valence-corrected chi connectivity index (χ2v) is 7.02. The Labute approximate surface area is 160 Å². The second kappa shape index (κ2) is 6.88. The van der Waals surface area contributed by atoms with Gasteiger partial charge >= 0.3 is 0 Å². The largest absolute Gasteiger partial charge is 0.454 e. The zero-order valence-electron chi connectivity index (χ0n) is 15.6. The van der Waals surface area contributed by atoms with Crippen molar-refractivity contribution in [3.05, 3.63) is 52.4 Å². The molecule has 3 N–H and O–H groups in total. The highest BCUT2D eigenvalue weighted by atomic mass is 16.7. The third-order valence-corrected chi connectivity index (χ3v) is 4.41. The van der Waals surface area contributed by atoms with E-state index in [1.54, 1.807) is 36.4 Å². The summed E-state index contributed by atoms with van der Waals surface area (Å²) in [7, 11) is 0. The number of hydrogen-bond donors (Lipinski definition) is 2. The molecule has 0 aliphatic carbocycles. The van der Waals surface area contributed by atoms with E-state index in [-0.39, 0.29) is 24.0 Å². The summed E-state index contributed by atoms with van der Waals surface area (Å²) >= 11 is 0. The molecule has 0 saturated carbocycles. The van der Waals surface area contributed by atoms with E-state index >= 15 is 0 Å². The van der Waals surface area contributed by atoms with Crippen molar-refractivity contribution in [3.8, 4) is 11.5 Å². The fourth-order valence-electron chi connectivity index (χ4n) is 3.12. The number of anilines is 2. The highest BCUT2D eigenvalue weighted by Gasteiger charge is 2.21. The molecule has 1 aliphatic heterocycles. The van der Waals surface area contributed by atoms with E-state index < -0.39 is 5.91 Å². The van der Waals surface area contributed by atoms with Crippen molar-refractivity contribution in [2.24, 2.45) is 5.92 Å². The molecule has 0 atom stereocenters. The Balaban J connectivity index is 1.77. The number of aromatic nitrogens is 2. The van der Waals surface area contributed by atoms with Gasteiger partial charge in [-0.3, -0.25) is 9.59 Å². The van der Waals surface area contributed by atoms with Crippen LogP contribution < -0.4 is 26.1 Å². The van der Waals surface area contributed by atoms with Crippen LogP contribution in [-0.4, -0.2) is 22.5 Å². The van der Waals surface area contributed by atoms with Gasteiger partial charge in [0, 0.05) is 24.1 Å². The van der Waals surface area contributed by atoms with Crippen molar-refractivity contribution in [1.82, 2.24) is 9.78 Å². The lowest BCUT2D eigenvalue weighted by molar-refractivity contribution is 0.102. The first kappa shape index (κ1) is 17.8. The van der Waals surface area contributed by atoms with E-state index in [9.17, 15) is 9.59 Å². The summed E-state index contributed by atoms with van der Waals surface area (Å²) in [6.07, 6.45) is 0. The molecule has 0 fully saturated rings. The number of nitrogens with one attached hydrogen (secondary N) is 1. The zero-order chi connectivity index (χ0) is 19.8. The third kappa shape index (κ3) is 3.13. The van der Waals surface area contributed by atoms with Crippen molar-refractivity contribution in [3.63, 3.8) is 0 Å². The molecule has 1 aromatic heterocycles. The standard InChI is InChI=1S/C20H20N4O4/c1-11(2)9-24-20(26)13-6-4-3-5-12(13)18(23-24)19(25)22-15-8-17-16(7-14(15)21)27-10-28-17/h3-8,11H,9-10,21H2,1-2H3,(H,22,25). The fraction of sp³-hybridized carbons (Fsp3) is 0.250. The molecular formula is C20H20N4O4. The molecule has 1 amide bonds. The van der Waals surface area contributed by atoms with Gasteiger partial charge in [-0.15, -0.1) is 0 Å². The van der Waals surface area contributed by atoms with Crippen LogP contribution in [0.15, 0.2) is 41.2 Å². The third-order valence-electron chi connectivity index (χ3n) is 4.41. The summed E-state index contributed by atoms with van der Waals surface area (Å²) in [6.45, 7) is 4.49. The van der Waals surface area contributed by atoms with Crippen molar-refractivity contribution < 1.29 is 14.3 Å². The van der Waals surface area contributed by atoms with Crippen LogP contribution in [0.4, 0.5) is 11.4 Å². The number of fused-ring (bicyclic) bond motifs is 2. The van der Waals surface area contributed by atoms with Gasteiger partial charge < -0.3 is 20.5 Å². The van der Waals surface area contributed by atoms with Gasteiger partial charge in [-0.1, -0.05) is 32.0 Å². The Hall–Kier alpha value is -3.55. The topological polar surface area (TPSA) is 108 Å². The summed E-state index contributed by atoms with van der Waals surface area (Å²) in [4.78, 5) is 25.7. The molecule has 0 unspecified atom stereocenters. The molecule has 0 radical (unpaired) electrons. The molecule has 0 bridgehead atoms. The van der Waals surface area contributed by atoms with Gasteiger partial charge in [0.05, 0.1) is 16.8 Å². The number of hydrogen-bond acceptors (Lipinski definition) is 6. The first-order chi connectivity index (χ1) is 13.4. The Kier molecular flexibility index (Phi) is 4.38. The minimum absolute atomic E-state index is 0.110. The Morgan fingerprint density at radius 1 is 1.21 bits per heavy atom. The normalized spacial score (nSPS) is 12.5. The van der Waals surface area contributed by atoms with Crippen LogP contribution in [0.3, 0.4) is 0 Å². The predicted molar refractivity (Wildman–Crippen MR) is 106 cm³/mol. The van der Waals surface area contributed by atoms with Gasteiger partial charge in [-0.25, -0.2) is 4.68 Å². The molecule has 8 nitrogen and oxygen atoms in total. The predicted octanol–water partition coefficient (Wildman–Crippen LogP) is 2.62. The van der Waals surface area contributed by atoms with Gasteiger partial charge in [0.15, 0.2) is 17.2 Å². The van der Waals surface area contributed by atoms with Crippen LogP contribution in [0.5, 0.6) is 11.5 Å². The maximum absolute atomic E-state index is 13.0. The maximum Gasteiger partial charge on any atom is 0.276 e. The number of amides is 1. The van der Waals surface area contributed by atoms with Crippen molar-refractivity contribution in [2.45, 2.75) is 20.4 Å². The summed E-state index contributed by atoms with van der Waals surface area (Å²) in [5, 5.41) is 8.04. The second-order valence-electron chi connectivity index (χ2n) is 7.02. The van der Waals surface area contributed by atoms with E-state index in [1.165, 1.54) is 4.68 Å². The van der Waals surface area contributed by atoms with Gasteiger partial charge in [0.25, 0.3) is 11.5 Å². The van der Waals surface area contributed by atoms with Crippen molar-refractivity contribution in [1.29, 1.82) is 0 Å². The van der Waals surface area contributed by atoms with E-state index in [0.29, 0.717) is 40.2 Å².